The number of benzene rings is 1. The van der Waals surface area contributed by atoms with Gasteiger partial charge < -0.3 is 0 Å². The molecule has 1 nitrogen and oxygen atoms in total. The molecule has 0 heterocycles. The molecule has 82 valence electrons. The van der Waals surface area contributed by atoms with Gasteiger partial charge in [0.15, 0.2) is 5.78 Å². The summed E-state index contributed by atoms with van der Waals surface area (Å²) in [6.45, 7) is 4.26. The summed E-state index contributed by atoms with van der Waals surface area (Å²) in [6.07, 6.45) is 0. The second-order valence-corrected chi connectivity index (χ2v) is 5.18. The minimum Gasteiger partial charge on any atom is -0.293 e. The summed E-state index contributed by atoms with van der Waals surface area (Å²) in [5.74, 6) is 0.826. The van der Waals surface area contributed by atoms with E-state index in [-0.39, 0.29) is 10.6 Å². The minimum absolute atomic E-state index is 0.0420. The number of Topliss-reactive ketones (excluding diaryl/α,β-unsaturated/α-hetero) is 1. The molecule has 0 radical (unpaired) electrons. The molecule has 1 aromatic carbocycles. The summed E-state index contributed by atoms with van der Waals surface area (Å²) < 4.78 is 0. The molecular formula is C12H14BrClO. The van der Waals surface area contributed by atoms with Crippen LogP contribution >= 0.6 is 27.5 Å². The lowest BCUT2D eigenvalue weighted by Gasteiger charge is -2.08. The highest BCUT2D eigenvalue weighted by molar-refractivity contribution is 9.10. The third kappa shape index (κ3) is 3.32. The Morgan fingerprint density at radius 3 is 2.27 bits per heavy atom. The molecule has 15 heavy (non-hydrogen) atoms. The topological polar surface area (TPSA) is 17.1 Å². The van der Waals surface area contributed by atoms with Crippen molar-refractivity contribution in [1.29, 1.82) is 0 Å². The number of halogens is 2. The van der Waals surface area contributed by atoms with Crippen molar-refractivity contribution < 1.29 is 4.79 Å². The number of hydrogen-bond donors (Lipinski definition) is 0. The summed E-state index contributed by atoms with van der Waals surface area (Å²) in [4.78, 5) is 11.4. The Kier molecular flexibility index (Phi) is 4.81. The van der Waals surface area contributed by atoms with Crippen molar-refractivity contribution >= 4 is 33.3 Å². The van der Waals surface area contributed by atoms with E-state index in [0.29, 0.717) is 17.4 Å². The van der Waals surface area contributed by atoms with Crippen molar-refractivity contribution in [3.05, 3.63) is 35.4 Å². The van der Waals surface area contributed by atoms with Crippen LogP contribution in [0.5, 0.6) is 0 Å². The van der Waals surface area contributed by atoms with Crippen molar-refractivity contribution in [3.8, 4) is 0 Å². The lowest BCUT2D eigenvalue weighted by Crippen LogP contribution is -2.15. The highest BCUT2D eigenvalue weighted by Crippen LogP contribution is 2.17. The van der Waals surface area contributed by atoms with E-state index < -0.39 is 0 Å². The largest absolute Gasteiger partial charge is 0.293 e. The Labute approximate surface area is 104 Å². The van der Waals surface area contributed by atoms with Crippen molar-refractivity contribution in [2.24, 2.45) is 0 Å². The first-order valence-corrected chi connectivity index (χ1v) is 6.35. The van der Waals surface area contributed by atoms with Crippen LogP contribution in [0.3, 0.4) is 0 Å². The van der Waals surface area contributed by atoms with Crippen LogP contribution in [0.25, 0.3) is 0 Å². The van der Waals surface area contributed by atoms with Crippen LogP contribution in [0.15, 0.2) is 24.3 Å². The van der Waals surface area contributed by atoms with Gasteiger partial charge in [-0.05, 0) is 11.5 Å². The van der Waals surface area contributed by atoms with E-state index in [1.807, 2.05) is 24.3 Å². The molecule has 0 aromatic heterocycles. The molecule has 0 amide bonds. The van der Waals surface area contributed by atoms with Crippen LogP contribution in [0.1, 0.15) is 35.7 Å². The number of alkyl halides is 2. The molecule has 0 N–H and O–H groups in total. The molecular weight excluding hydrogens is 275 g/mol. The minimum atomic E-state index is -0.288. The number of rotatable bonds is 4. The Morgan fingerprint density at radius 2 is 1.87 bits per heavy atom. The van der Waals surface area contributed by atoms with Crippen LogP contribution in [0.2, 0.25) is 0 Å². The molecule has 1 aromatic rings. The summed E-state index contributed by atoms with van der Waals surface area (Å²) in [5, 5.41) is 0. The second-order valence-electron chi connectivity index (χ2n) is 3.76. The Morgan fingerprint density at radius 1 is 1.33 bits per heavy atom. The standard InChI is InChI=1S/C12H14BrClO/c1-8(2)9-3-5-10(6-4-9)12(15)11(13)7-14/h3-6,8,11H,7H2,1-2H3. The molecule has 0 bridgehead atoms. The highest BCUT2D eigenvalue weighted by Gasteiger charge is 2.15. The third-order valence-corrected chi connectivity index (χ3v) is 3.70. The van der Waals surface area contributed by atoms with E-state index in [1.165, 1.54) is 5.56 Å². The lowest BCUT2D eigenvalue weighted by molar-refractivity contribution is 0.0997. The van der Waals surface area contributed by atoms with E-state index in [2.05, 4.69) is 29.8 Å². The fourth-order valence-electron chi connectivity index (χ4n) is 1.28. The molecule has 3 heteroatoms. The molecule has 0 saturated heterocycles. The zero-order valence-electron chi connectivity index (χ0n) is 8.84. The summed E-state index contributed by atoms with van der Waals surface area (Å²) in [6, 6.07) is 7.70. The van der Waals surface area contributed by atoms with Crippen LogP contribution in [0, 0.1) is 0 Å². The van der Waals surface area contributed by atoms with E-state index >= 15 is 0 Å². The molecule has 0 saturated carbocycles. The molecule has 0 fully saturated rings. The molecule has 1 rings (SSSR count). The van der Waals surface area contributed by atoms with E-state index in [9.17, 15) is 4.79 Å². The van der Waals surface area contributed by atoms with Crippen LogP contribution in [-0.4, -0.2) is 16.5 Å². The predicted octanol–water partition coefficient (Wildman–Crippen LogP) is 4.00. The fourth-order valence-corrected chi connectivity index (χ4v) is 1.69. The smallest absolute Gasteiger partial charge is 0.177 e. The Balaban J connectivity index is 2.84. The van der Waals surface area contributed by atoms with Crippen molar-refractivity contribution in [2.75, 3.05) is 5.88 Å². The van der Waals surface area contributed by atoms with Gasteiger partial charge in [-0.1, -0.05) is 54.0 Å². The van der Waals surface area contributed by atoms with Gasteiger partial charge >= 0.3 is 0 Å². The molecule has 0 spiro atoms. The third-order valence-electron chi connectivity index (χ3n) is 2.28. The number of carbonyl (C=O) groups is 1. The van der Waals surface area contributed by atoms with Crippen molar-refractivity contribution in [3.63, 3.8) is 0 Å². The van der Waals surface area contributed by atoms with E-state index in [0.717, 1.165) is 0 Å². The monoisotopic (exact) mass is 288 g/mol. The first-order valence-electron chi connectivity index (χ1n) is 4.90. The predicted molar refractivity (Wildman–Crippen MR) is 68.3 cm³/mol. The molecule has 1 atom stereocenters. The number of carbonyl (C=O) groups excluding carboxylic acids is 1. The summed E-state index contributed by atoms with van der Waals surface area (Å²) >= 11 is 8.86. The lowest BCUT2D eigenvalue weighted by atomic mass is 10.00. The van der Waals surface area contributed by atoms with Gasteiger partial charge in [0.25, 0.3) is 0 Å². The normalized spacial score (nSPS) is 12.9. The first-order chi connectivity index (χ1) is 7.06. The van der Waals surface area contributed by atoms with Crippen LogP contribution in [-0.2, 0) is 0 Å². The second kappa shape index (κ2) is 5.66. The van der Waals surface area contributed by atoms with Crippen molar-refractivity contribution in [1.82, 2.24) is 0 Å². The molecule has 0 aliphatic heterocycles. The van der Waals surface area contributed by atoms with Gasteiger partial charge in [0.05, 0.1) is 4.83 Å². The zero-order valence-corrected chi connectivity index (χ0v) is 11.2. The SMILES string of the molecule is CC(C)c1ccc(C(=O)C(Br)CCl)cc1. The zero-order chi connectivity index (χ0) is 11.4. The fraction of sp³-hybridized carbons (Fsp3) is 0.417. The quantitative estimate of drug-likeness (QED) is 0.605. The van der Waals surface area contributed by atoms with Gasteiger partial charge in [0.2, 0.25) is 0 Å². The van der Waals surface area contributed by atoms with Gasteiger partial charge in [-0.2, -0.15) is 0 Å². The van der Waals surface area contributed by atoms with Gasteiger partial charge in [-0.3, -0.25) is 4.79 Å². The van der Waals surface area contributed by atoms with Gasteiger partial charge in [-0.15, -0.1) is 11.6 Å². The maximum Gasteiger partial charge on any atom is 0.177 e. The maximum absolute atomic E-state index is 11.7. The summed E-state index contributed by atoms with van der Waals surface area (Å²) in [5.41, 5.74) is 1.95. The van der Waals surface area contributed by atoms with Gasteiger partial charge in [0.1, 0.15) is 0 Å². The first kappa shape index (κ1) is 12.7. The van der Waals surface area contributed by atoms with E-state index in [1.54, 1.807) is 0 Å². The van der Waals surface area contributed by atoms with Gasteiger partial charge in [-0.25, -0.2) is 0 Å². The van der Waals surface area contributed by atoms with Crippen LogP contribution < -0.4 is 0 Å². The Hall–Kier alpha value is -0.340. The average Bonchev–Trinajstić information content (AvgIpc) is 2.27. The molecule has 0 aliphatic rings. The number of hydrogen-bond acceptors (Lipinski definition) is 1. The average molecular weight is 290 g/mol. The van der Waals surface area contributed by atoms with Gasteiger partial charge in [0, 0.05) is 11.4 Å². The summed E-state index contributed by atoms with van der Waals surface area (Å²) in [7, 11) is 0. The van der Waals surface area contributed by atoms with E-state index in [4.69, 9.17) is 11.6 Å². The highest BCUT2D eigenvalue weighted by atomic mass is 79.9. The maximum atomic E-state index is 11.7. The number of ketones is 1. The molecule has 1 unspecified atom stereocenters. The van der Waals surface area contributed by atoms with Crippen molar-refractivity contribution in [2.45, 2.75) is 24.6 Å². The molecule has 0 aliphatic carbocycles. The Bertz CT molecular complexity index is 332. The van der Waals surface area contributed by atoms with Crippen LogP contribution in [0.4, 0.5) is 0 Å².